The lowest BCUT2D eigenvalue weighted by Gasteiger charge is -2.06. The molecule has 0 spiro atoms. The minimum absolute atomic E-state index is 0.0631. The van der Waals surface area contributed by atoms with E-state index in [-0.39, 0.29) is 17.3 Å². The van der Waals surface area contributed by atoms with Crippen molar-refractivity contribution >= 4 is 29.0 Å². The number of non-ortho nitro benzene ring substituents is 1. The second-order valence-electron chi connectivity index (χ2n) is 4.42. The number of nitrogens with one attached hydrogen (secondary N) is 1. The van der Waals surface area contributed by atoms with E-state index < -0.39 is 4.92 Å². The molecule has 8 nitrogen and oxygen atoms in total. The summed E-state index contributed by atoms with van der Waals surface area (Å²) in [4.78, 5) is 22.1. The first-order chi connectivity index (χ1) is 10.5. The van der Waals surface area contributed by atoms with E-state index in [0.717, 1.165) is 12.4 Å². The number of aryl methyl sites for hydroxylation is 1. The first kappa shape index (κ1) is 16.0. The summed E-state index contributed by atoms with van der Waals surface area (Å²) >= 11 is 1.27. The van der Waals surface area contributed by atoms with Gasteiger partial charge in [0.25, 0.3) is 5.69 Å². The minimum Gasteiger partial charge on any atom is -0.325 e. The highest BCUT2D eigenvalue weighted by atomic mass is 32.2. The van der Waals surface area contributed by atoms with Crippen molar-refractivity contribution in [2.24, 2.45) is 0 Å². The zero-order valence-corrected chi connectivity index (χ0v) is 13.0. The van der Waals surface area contributed by atoms with Gasteiger partial charge in [0.1, 0.15) is 5.82 Å². The van der Waals surface area contributed by atoms with Crippen LogP contribution in [0.1, 0.15) is 12.7 Å². The van der Waals surface area contributed by atoms with Gasteiger partial charge in [0.2, 0.25) is 5.91 Å². The fraction of sp³-hybridized carbons (Fsp3) is 0.308. The van der Waals surface area contributed by atoms with Crippen LogP contribution in [0.15, 0.2) is 29.4 Å². The van der Waals surface area contributed by atoms with Gasteiger partial charge in [-0.3, -0.25) is 14.9 Å². The Morgan fingerprint density at radius 1 is 1.45 bits per heavy atom. The van der Waals surface area contributed by atoms with Crippen LogP contribution >= 0.6 is 11.8 Å². The van der Waals surface area contributed by atoms with E-state index >= 15 is 0 Å². The average molecular weight is 321 g/mol. The van der Waals surface area contributed by atoms with Gasteiger partial charge in [-0.15, -0.1) is 10.2 Å². The maximum absolute atomic E-state index is 11.9. The largest absolute Gasteiger partial charge is 0.325 e. The summed E-state index contributed by atoms with van der Waals surface area (Å²) in [5.74, 6) is 0.693. The van der Waals surface area contributed by atoms with Crippen molar-refractivity contribution in [3.63, 3.8) is 0 Å². The molecule has 1 amide bonds. The summed E-state index contributed by atoms with van der Waals surface area (Å²) in [5.41, 5.74) is 0.333. The highest BCUT2D eigenvalue weighted by molar-refractivity contribution is 7.99. The topological polar surface area (TPSA) is 103 Å². The summed E-state index contributed by atoms with van der Waals surface area (Å²) in [6, 6.07) is 5.82. The third-order valence-electron chi connectivity index (χ3n) is 2.89. The lowest BCUT2D eigenvalue weighted by atomic mass is 10.3. The van der Waals surface area contributed by atoms with Crippen LogP contribution in [0.2, 0.25) is 0 Å². The van der Waals surface area contributed by atoms with Crippen molar-refractivity contribution in [1.29, 1.82) is 0 Å². The van der Waals surface area contributed by atoms with Gasteiger partial charge in [-0.1, -0.05) is 17.8 Å². The van der Waals surface area contributed by atoms with Crippen molar-refractivity contribution < 1.29 is 9.72 Å². The molecule has 2 aromatic rings. The number of benzene rings is 1. The Morgan fingerprint density at radius 2 is 2.23 bits per heavy atom. The summed E-state index contributed by atoms with van der Waals surface area (Å²) in [5, 5.41) is 22.0. The van der Waals surface area contributed by atoms with Gasteiger partial charge in [-0.2, -0.15) is 0 Å². The number of carbonyl (C=O) groups is 1. The molecule has 1 N–H and O–H groups in total. The molecule has 0 unspecified atom stereocenters. The lowest BCUT2D eigenvalue weighted by molar-refractivity contribution is -0.384. The Hall–Kier alpha value is -2.42. The predicted molar refractivity (Wildman–Crippen MR) is 82.9 cm³/mol. The number of rotatable bonds is 6. The third-order valence-corrected chi connectivity index (χ3v) is 3.86. The smallest absolute Gasteiger partial charge is 0.271 e. The molecule has 1 aromatic carbocycles. The van der Waals surface area contributed by atoms with E-state index in [1.165, 1.54) is 30.0 Å². The Labute approximate surface area is 131 Å². The van der Waals surface area contributed by atoms with Crippen molar-refractivity contribution in [3.05, 3.63) is 40.2 Å². The Kier molecular flexibility index (Phi) is 5.10. The molecule has 0 saturated heterocycles. The van der Waals surface area contributed by atoms with Gasteiger partial charge in [0.15, 0.2) is 5.16 Å². The van der Waals surface area contributed by atoms with E-state index in [1.807, 2.05) is 18.4 Å². The lowest BCUT2D eigenvalue weighted by Crippen LogP contribution is -2.14. The normalized spacial score (nSPS) is 10.5. The third kappa shape index (κ3) is 3.82. The van der Waals surface area contributed by atoms with Gasteiger partial charge in [0.05, 0.1) is 10.7 Å². The number of hydrogen-bond acceptors (Lipinski definition) is 6. The van der Waals surface area contributed by atoms with Crippen molar-refractivity contribution in [3.8, 4) is 0 Å². The molecule has 0 aliphatic rings. The van der Waals surface area contributed by atoms with Crippen LogP contribution in [0.25, 0.3) is 0 Å². The van der Waals surface area contributed by atoms with Crippen molar-refractivity contribution in [2.75, 3.05) is 11.1 Å². The number of nitro groups is 1. The van der Waals surface area contributed by atoms with Crippen LogP contribution < -0.4 is 5.32 Å². The van der Waals surface area contributed by atoms with Crippen LogP contribution in [0.4, 0.5) is 11.4 Å². The van der Waals surface area contributed by atoms with E-state index in [0.29, 0.717) is 10.8 Å². The van der Waals surface area contributed by atoms with E-state index in [1.54, 1.807) is 6.07 Å². The molecule has 0 atom stereocenters. The number of nitro benzene ring substituents is 1. The fourth-order valence-electron chi connectivity index (χ4n) is 1.86. The second kappa shape index (κ2) is 7.03. The van der Waals surface area contributed by atoms with Crippen molar-refractivity contribution in [1.82, 2.24) is 14.8 Å². The number of aromatic nitrogens is 3. The molecule has 0 aliphatic heterocycles. The van der Waals surface area contributed by atoms with E-state index in [2.05, 4.69) is 15.5 Å². The summed E-state index contributed by atoms with van der Waals surface area (Å²) in [6.45, 7) is 4.56. The maximum atomic E-state index is 11.9. The average Bonchev–Trinajstić information content (AvgIpc) is 2.85. The van der Waals surface area contributed by atoms with Gasteiger partial charge >= 0.3 is 0 Å². The number of carbonyl (C=O) groups excluding carboxylic acids is 1. The van der Waals surface area contributed by atoms with Gasteiger partial charge < -0.3 is 9.88 Å². The molecular weight excluding hydrogens is 306 g/mol. The van der Waals surface area contributed by atoms with Gasteiger partial charge in [-0.05, 0) is 19.9 Å². The molecule has 0 saturated carbocycles. The highest BCUT2D eigenvalue weighted by Gasteiger charge is 2.12. The number of thioether (sulfide) groups is 1. The molecule has 0 bridgehead atoms. The van der Waals surface area contributed by atoms with E-state index in [9.17, 15) is 14.9 Å². The van der Waals surface area contributed by atoms with Crippen LogP contribution in [-0.2, 0) is 11.3 Å². The quantitative estimate of drug-likeness (QED) is 0.497. The molecule has 0 fully saturated rings. The van der Waals surface area contributed by atoms with Gasteiger partial charge in [0, 0.05) is 24.4 Å². The SMILES string of the molecule is CCn1c(C)nnc1SCC(=O)Nc1cccc([N+](=O)[O-])c1. The van der Waals surface area contributed by atoms with E-state index in [4.69, 9.17) is 0 Å². The predicted octanol–water partition coefficient (Wildman–Crippen LogP) is 2.25. The monoisotopic (exact) mass is 321 g/mol. The number of hydrogen-bond donors (Lipinski definition) is 1. The first-order valence-corrected chi connectivity index (χ1v) is 7.56. The molecule has 1 heterocycles. The molecule has 22 heavy (non-hydrogen) atoms. The summed E-state index contributed by atoms with van der Waals surface area (Å²) in [6.07, 6.45) is 0. The zero-order valence-electron chi connectivity index (χ0n) is 12.1. The summed E-state index contributed by atoms with van der Waals surface area (Å²) < 4.78 is 1.91. The maximum Gasteiger partial charge on any atom is 0.271 e. The molecule has 0 radical (unpaired) electrons. The summed E-state index contributed by atoms with van der Waals surface area (Å²) in [7, 11) is 0. The molecular formula is C13H15N5O3S. The van der Waals surface area contributed by atoms with Crippen LogP contribution in [0.3, 0.4) is 0 Å². The second-order valence-corrected chi connectivity index (χ2v) is 5.36. The molecule has 116 valence electrons. The molecule has 1 aromatic heterocycles. The Morgan fingerprint density at radius 3 is 2.91 bits per heavy atom. The number of anilines is 1. The van der Waals surface area contributed by atoms with Crippen LogP contribution in [0, 0.1) is 17.0 Å². The van der Waals surface area contributed by atoms with Crippen LogP contribution in [-0.4, -0.2) is 31.3 Å². The Bertz CT molecular complexity index is 701. The Balaban J connectivity index is 1.96. The van der Waals surface area contributed by atoms with Gasteiger partial charge in [-0.25, -0.2) is 0 Å². The minimum atomic E-state index is -0.503. The fourth-order valence-corrected chi connectivity index (χ4v) is 2.70. The first-order valence-electron chi connectivity index (χ1n) is 6.58. The standard InChI is InChI=1S/C13H15N5O3S/c1-3-17-9(2)15-16-13(17)22-8-12(19)14-10-5-4-6-11(7-10)18(20)21/h4-7H,3,8H2,1-2H3,(H,14,19). The number of amides is 1. The highest BCUT2D eigenvalue weighted by Crippen LogP contribution is 2.19. The molecule has 0 aliphatic carbocycles. The van der Waals surface area contributed by atoms with Crippen molar-refractivity contribution in [2.45, 2.75) is 25.5 Å². The van der Waals surface area contributed by atoms with Crippen LogP contribution in [0.5, 0.6) is 0 Å². The molecule has 9 heteroatoms. The number of nitrogens with zero attached hydrogens (tertiary/aromatic N) is 4. The molecule has 2 rings (SSSR count). The zero-order chi connectivity index (χ0) is 16.1.